The Balaban J connectivity index is 1.88. The van der Waals surface area contributed by atoms with Gasteiger partial charge in [0.05, 0.1) is 24.9 Å². The van der Waals surface area contributed by atoms with Crippen molar-refractivity contribution in [1.29, 1.82) is 0 Å². The van der Waals surface area contributed by atoms with Crippen LogP contribution in [0.1, 0.15) is 151 Å². The molecule has 2 fully saturated rings. The van der Waals surface area contributed by atoms with E-state index < -0.39 is 66.4 Å². The van der Waals surface area contributed by atoms with E-state index in [0.29, 0.717) is 43.6 Å². The summed E-state index contributed by atoms with van der Waals surface area (Å²) in [5, 5.41) is 55.6. The number of cyclic esters (lactones) is 1. The number of carbonyl (C=O) groups excluding carboxylic acids is 3. The summed E-state index contributed by atoms with van der Waals surface area (Å²) in [5.74, 6) is -2.31. The van der Waals surface area contributed by atoms with Crippen molar-refractivity contribution >= 4 is 17.7 Å². The van der Waals surface area contributed by atoms with E-state index in [4.69, 9.17) is 9.47 Å². The summed E-state index contributed by atoms with van der Waals surface area (Å²) in [4.78, 5) is 43.2. The number of carbonyl (C=O) groups is 3. The maximum atomic E-state index is 14.1. The molecule has 12 atom stereocenters. The minimum Gasteiger partial charge on any atom is -0.460 e. The fraction of sp³-hybridized carbons (Fsp3) is 0.776. The number of fused-ring (bicyclic) bond motifs is 1. The van der Waals surface area contributed by atoms with Gasteiger partial charge in [0.2, 0.25) is 0 Å². The van der Waals surface area contributed by atoms with Crippen molar-refractivity contribution in [3.05, 3.63) is 47.6 Å². The monoisotopic (exact) mass is 844 g/mol. The standard InChI is InChI=1S/C49H81NO10/c1-33-17-10-8-12-19-34(2)27-35(3)44(53)31-45(54)37(5)28-36(4)43(52)30-41(25-24-39-21-16-22-40(29-39)59-7)60-48(57)42-23-14-15-26-50(42)47(56)46(55)49(58,32-51)38(6)20-13-9-11-18-33/h8,10,12,17,19,28,34-36,38-42,44-46,51,53-55,58H,9,11,13-16,18,20-27,29-32H2,1-7H3/b10-8+,19-12+,33-17+,37-28+/t34-,35?,36-,38?,39+,40?,41-,42?,44?,45+,46?,49?/m1/s1. The van der Waals surface area contributed by atoms with Gasteiger partial charge in [0.1, 0.15) is 23.5 Å². The smallest absolute Gasteiger partial charge is 0.329 e. The Morgan fingerprint density at radius 3 is 2.30 bits per heavy atom. The highest BCUT2D eigenvalue weighted by atomic mass is 16.5. The molecule has 0 bridgehead atoms. The third kappa shape index (κ3) is 16.2. The zero-order chi connectivity index (χ0) is 44.4. The van der Waals surface area contributed by atoms with Crippen LogP contribution in [0.25, 0.3) is 0 Å². The third-order valence-corrected chi connectivity index (χ3v) is 13.7. The average molecular weight is 844 g/mol. The Morgan fingerprint density at radius 1 is 0.850 bits per heavy atom. The normalized spacial score (nSPS) is 39.2. The lowest BCUT2D eigenvalue weighted by Gasteiger charge is -2.41. The number of aliphatic hydroxyl groups excluding tert-OH is 4. The van der Waals surface area contributed by atoms with Gasteiger partial charge in [0, 0.05) is 32.4 Å². The van der Waals surface area contributed by atoms with Gasteiger partial charge in [-0.05, 0) is 114 Å². The summed E-state index contributed by atoms with van der Waals surface area (Å²) in [7, 11) is 1.72. The molecule has 11 nitrogen and oxygen atoms in total. The van der Waals surface area contributed by atoms with Crippen molar-refractivity contribution in [2.45, 2.75) is 193 Å². The van der Waals surface area contributed by atoms with Crippen molar-refractivity contribution in [1.82, 2.24) is 4.90 Å². The van der Waals surface area contributed by atoms with E-state index in [2.05, 4.69) is 26.0 Å². The first-order valence-corrected chi connectivity index (χ1v) is 23.1. The molecule has 3 rings (SSSR count). The molecule has 0 radical (unpaired) electrons. The number of hydrogen-bond acceptors (Lipinski definition) is 10. The molecular weight excluding hydrogens is 763 g/mol. The molecule has 2 aliphatic heterocycles. The van der Waals surface area contributed by atoms with Crippen LogP contribution in [0.4, 0.5) is 0 Å². The molecular formula is C49H81NO10. The van der Waals surface area contributed by atoms with Crippen molar-refractivity contribution in [3.8, 4) is 0 Å². The van der Waals surface area contributed by atoms with Crippen LogP contribution in [0.3, 0.4) is 0 Å². The summed E-state index contributed by atoms with van der Waals surface area (Å²) in [6, 6.07) is -1.01. The quantitative estimate of drug-likeness (QED) is 0.139. The number of esters is 1. The SMILES string of the molecule is COC1CCC[C@@H](CC[C@@H]2CC(=O)[C@H](C)/C=C(\C)[C@@H](O)CC(O)C(C)C[C@H](C)/C=C/C=C/C=C(\C)CCCCCC(C)C(O)(CO)C(O)C(=O)N3CCCCC3C(=O)O2)C1. The van der Waals surface area contributed by atoms with Crippen LogP contribution in [-0.4, -0.2) is 111 Å². The first kappa shape index (κ1) is 51.7. The number of Topliss-reactive ketones (excluding diaryl/α,β-unsaturated/α-hetero) is 1. The number of aliphatic hydroxyl groups is 5. The van der Waals surface area contributed by atoms with Gasteiger partial charge in [-0.3, -0.25) is 9.59 Å². The summed E-state index contributed by atoms with van der Waals surface area (Å²) >= 11 is 0. The number of allylic oxidation sites excluding steroid dienone is 7. The zero-order valence-electron chi connectivity index (χ0n) is 38.0. The number of amides is 1. The molecule has 1 saturated carbocycles. The lowest BCUT2D eigenvalue weighted by atomic mass is 9.80. The lowest BCUT2D eigenvalue weighted by Crippen LogP contribution is -2.61. The van der Waals surface area contributed by atoms with E-state index in [1.165, 1.54) is 10.5 Å². The van der Waals surface area contributed by atoms with E-state index >= 15 is 0 Å². The van der Waals surface area contributed by atoms with Crippen molar-refractivity contribution in [2.24, 2.45) is 29.6 Å². The van der Waals surface area contributed by atoms with Gasteiger partial charge in [-0.1, -0.05) is 95.4 Å². The van der Waals surface area contributed by atoms with Crippen LogP contribution in [-0.2, 0) is 23.9 Å². The summed E-state index contributed by atoms with van der Waals surface area (Å²) in [5.41, 5.74) is -0.283. The molecule has 1 saturated heterocycles. The molecule has 60 heavy (non-hydrogen) atoms. The molecule has 7 unspecified atom stereocenters. The molecule has 0 spiro atoms. The van der Waals surface area contributed by atoms with Gasteiger partial charge in [-0.25, -0.2) is 4.79 Å². The Kier molecular flexibility index (Phi) is 22.5. The Labute approximate surface area is 361 Å². The summed E-state index contributed by atoms with van der Waals surface area (Å²) in [6.07, 6.45) is 19.2. The molecule has 0 aromatic rings. The second-order valence-electron chi connectivity index (χ2n) is 18.8. The predicted molar refractivity (Wildman–Crippen MR) is 236 cm³/mol. The van der Waals surface area contributed by atoms with Gasteiger partial charge in [-0.15, -0.1) is 0 Å². The molecule has 3 aliphatic rings. The van der Waals surface area contributed by atoms with E-state index in [1.54, 1.807) is 34.0 Å². The maximum absolute atomic E-state index is 14.1. The molecule has 0 aromatic carbocycles. The lowest BCUT2D eigenvalue weighted by molar-refractivity contribution is -0.181. The summed E-state index contributed by atoms with van der Waals surface area (Å²) in [6.45, 7) is 10.8. The fourth-order valence-corrected chi connectivity index (χ4v) is 9.29. The summed E-state index contributed by atoms with van der Waals surface area (Å²) < 4.78 is 11.8. The third-order valence-electron chi connectivity index (χ3n) is 13.7. The molecule has 1 amide bonds. The number of hydrogen-bond donors (Lipinski definition) is 5. The van der Waals surface area contributed by atoms with Gasteiger partial charge >= 0.3 is 5.97 Å². The van der Waals surface area contributed by atoms with Crippen molar-refractivity contribution in [3.63, 3.8) is 0 Å². The minimum absolute atomic E-state index is 0.0475. The molecule has 11 heteroatoms. The second-order valence-corrected chi connectivity index (χ2v) is 18.8. The Bertz CT molecular complexity index is 1460. The van der Waals surface area contributed by atoms with Gasteiger partial charge in [-0.2, -0.15) is 0 Å². The van der Waals surface area contributed by atoms with Gasteiger partial charge < -0.3 is 39.9 Å². The van der Waals surface area contributed by atoms with E-state index in [1.807, 2.05) is 25.2 Å². The van der Waals surface area contributed by atoms with Crippen molar-refractivity contribution < 1.29 is 49.4 Å². The van der Waals surface area contributed by atoms with E-state index in [0.717, 1.165) is 64.2 Å². The molecule has 342 valence electrons. The van der Waals surface area contributed by atoms with Crippen LogP contribution in [0.5, 0.6) is 0 Å². The number of piperidine rings is 1. The molecule has 2 heterocycles. The second kappa shape index (κ2) is 26.1. The minimum atomic E-state index is -2.10. The molecule has 1 aliphatic carbocycles. The highest BCUT2D eigenvalue weighted by Crippen LogP contribution is 2.33. The fourth-order valence-electron chi connectivity index (χ4n) is 9.29. The number of rotatable bonds is 5. The first-order chi connectivity index (χ1) is 28.5. The van der Waals surface area contributed by atoms with Crippen molar-refractivity contribution in [2.75, 3.05) is 20.3 Å². The van der Waals surface area contributed by atoms with E-state index in [9.17, 15) is 39.9 Å². The average Bonchev–Trinajstić information content (AvgIpc) is 3.23. The largest absolute Gasteiger partial charge is 0.460 e. The van der Waals surface area contributed by atoms with Crippen LogP contribution in [0, 0.1) is 29.6 Å². The van der Waals surface area contributed by atoms with E-state index in [-0.39, 0.29) is 43.1 Å². The highest BCUT2D eigenvalue weighted by molar-refractivity contribution is 5.88. The number of nitrogens with zero attached hydrogens (tertiary/aromatic N) is 1. The first-order valence-electron chi connectivity index (χ1n) is 23.1. The van der Waals surface area contributed by atoms with Crippen LogP contribution in [0.2, 0.25) is 0 Å². The number of methoxy groups -OCH3 is 1. The van der Waals surface area contributed by atoms with Gasteiger partial charge in [0.15, 0.2) is 6.10 Å². The van der Waals surface area contributed by atoms with Crippen LogP contribution < -0.4 is 0 Å². The van der Waals surface area contributed by atoms with Crippen LogP contribution >= 0.6 is 0 Å². The number of ether oxygens (including phenoxy) is 2. The topological polar surface area (TPSA) is 174 Å². The van der Waals surface area contributed by atoms with Crippen LogP contribution in [0.15, 0.2) is 47.6 Å². The molecule has 5 N–H and O–H groups in total. The Hall–Kier alpha value is -2.67. The highest BCUT2D eigenvalue weighted by Gasteiger charge is 2.48. The molecule has 0 aromatic heterocycles. The maximum Gasteiger partial charge on any atom is 0.329 e. The number of ketones is 1. The Morgan fingerprint density at radius 2 is 1.58 bits per heavy atom. The van der Waals surface area contributed by atoms with Gasteiger partial charge in [0.25, 0.3) is 5.91 Å². The predicted octanol–water partition coefficient (Wildman–Crippen LogP) is 7.32. The zero-order valence-corrected chi connectivity index (χ0v) is 38.0.